The molecule has 0 aromatic carbocycles. The SMILES string of the molecule is Cn1ccsc1=NC(=O)c1cc(S(=O)(=O)N2CCOCC2)c[nH]1. The molecule has 124 valence electrons. The Morgan fingerprint density at radius 2 is 2.13 bits per heavy atom. The summed E-state index contributed by atoms with van der Waals surface area (Å²) >= 11 is 1.33. The van der Waals surface area contributed by atoms with Crippen LogP contribution in [0, 0.1) is 0 Å². The topological polar surface area (TPSA) is 96.8 Å². The smallest absolute Gasteiger partial charge is 0.296 e. The molecule has 3 heterocycles. The number of aromatic nitrogens is 2. The van der Waals surface area contributed by atoms with E-state index in [9.17, 15) is 13.2 Å². The van der Waals surface area contributed by atoms with E-state index >= 15 is 0 Å². The Hall–Kier alpha value is -1.75. The van der Waals surface area contributed by atoms with Gasteiger partial charge in [-0.25, -0.2) is 8.42 Å². The number of morpholine rings is 1. The van der Waals surface area contributed by atoms with Gasteiger partial charge in [0.15, 0.2) is 4.80 Å². The third-order valence-corrected chi connectivity index (χ3v) is 6.18. The highest BCUT2D eigenvalue weighted by molar-refractivity contribution is 7.89. The predicted octanol–water partition coefficient (Wildman–Crippen LogP) is 0.177. The first-order chi connectivity index (χ1) is 11.0. The zero-order valence-corrected chi connectivity index (χ0v) is 14.1. The lowest BCUT2D eigenvalue weighted by molar-refractivity contribution is 0.0730. The van der Waals surface area contributed by atoms with Crippen molar-refractivity contribution in [2.45, 2.75) is 4.90 Å². The van der Waals surface area contributed by atoms with Crippen LogP contribution in [0.1, 0.15) is 10.5 Å². The first kappa shape index (κ1) is 16.1. The van der Waals surface area contributed by atoms with Crippen LogP contribution in [0.3, 0.4) is 0 Å². The maximum Gasteiger partial charge on any atom is 0.296 e. The molecule has 1 N–H and O–H groups in total. The predicted molar refractivity (Wildman–Crippen MR) is 83.6 cm³/mol. The number of hydrogen-bond acceptors (Lipinski definition) is 5. The Bertz CT molecular complexity index is 872. The van der Waals surface area contributed by atoms with Crippen molar-refractivity contribution in [2.24, 2.45) is 12.0 Å². The molecule has 1 amide bonds. The Morgan fingerprint density at radius 1 is 1.39 bits per heavy atom. The number of carbonyl (C=O) groups is 1. The van der Waals surface area contributed by atoms with Gasteiger partial charge in [0.1, 0.15) is 10.6 Å². The van der Waals surface area contributed by atoms with Gasteiger partial charge in [-0.15, -0.1) is 11.3 Å². The molecule has 0 unspecified atom stereocenters. The number of nitrogens with one attached hydrogen (secondary N) is 1. The average Bonchev–Trinajstić information content (AvgIpc) is 3.18. The molecule has 10 heteroatoms. The van der Waals surface area contributed by atoms with Crippen molar-refractivity contribution >= 4 is 27.3 Å². The Labute approximate surface area is 137 Å². The van der Waals surface area contributed by atoms with Crippen molar-refractivity contribution in [3.63, 3.8) is 0 Å². The van der Waals surface area contributed by atoms with E-state index in [0.29, 0.717) is 31.1 Å². The van der Waals surface area contributed by atoms with Crippen LogP contribution in [0.25, 0.3) is 0 Å². The monoisotopic (exact) mass is 356 g/mol. The van der Waals surface area contributed by atoms with Gasteiger partial charge in [-0.1, -0.05) is 0 Å². The fourth-order valence-corrected chi connectivity index (χ4v) is 4.30. The lowest BCUT2D eigenvalue weighted by Crippen LogP contribution is -2.40. The van der Waals surface area contributed by atoms with Crippen molar-refractivity contribution in [1.29, 1.82) is 0 Å². The highest BCUT2D eigenvalue weighted by Gasteiger charge is 2.27. The van der Waals surface area contributed by atoms with Gasteiger partial charge < -0.3 is 14.3 Å². The third-order valence-electron chi connectivity index (χ3n) is 3.45. The molecule has 3 rings (SSSR count). The van der Waals surface area contributed by atoms with Crippen LogP contribution in [0.5, 0.6) is 0 Å². The normalized spacial score (nSPS) is 17.5. The van der Waals surface area contributed by atoms with Crippen LogP contribution in [0.15, 0.2) is 33.7 Å². The maximum absolute atomic E-state index is 12.5. The molecule has 0 spiro atoms. The lowest BCUT2D eigenvalue weighted by atomic mass is 10.4. The highest BCUT2D eigenvalue weighted by Crippen LogP contribution is 2.18. The molecule has 0 bridgehead atoms. The van der Waals surface area contributed by atoms with Gasteiger partial charge in [-0.3, -0.25) is 4.79 Å². The van der Waals surface area contributed by atoms with Crippen molar-refractivity contribution in [1.82, 2.24) is 13.9 Å². The summed E-state index contributed by atoms with van der Waals surface area (Å²) < 4.78 is 33.2. The van der Waals surface area contributed by atoms with Gasteiger partial charge in [0, 0.05) is 37.9 Å². The second kappa shape index (κ2) is 6.40. The zero-order valence-electron chi connectivity index (χ0n) is 12.4. The minimum Gasteiger partial charge on any atom is -0.379 e. The second-order valence-electron chi connectivity index (χ2n) is 4.98. The van der Waals surface area contributed by atoms with Crippen LogP contribution in [0.4, 0.5) is 0 Å². The van der Waals surface area contributed by atoms with Gasteiger partial charge in [0.25, 0.3) is 5.91 Å². The quantitative estimate of drug-likeness (QED) is 0.848. The molecule has 0 atom stereocenters. The van der Waals surface area contributed by atoms with Crippen molar-refractivity contribution in [2.75, 3.05) is 26.3 Å². The first-order valence-electron chi connectivity index (χ1n) is 6.94. The molecule has 0 aliphatic carbocycles. The minimum atomic E-state index is -3.62. The molecule has 1 aliphatic rings. The van der Waals surface area contributed by atoms with Crippen LogP contribution in [0.2, 0.25) is 0 Å². The van der Waals surface area contributed by atoms with Crippen molar-refractivity contribution < 1.29 is 17.9 Å². The summed E-state index contributed by atoms with van der Waals surface area (Å²) in [6, 6.07) is 1.32. The van der Waals surface area contributed by atoms with Gasteiger partial charge in [0.05, 0.1) is 13.2 Å². The van der Waals surface area contributed by atoms with E-state index in [2.05, 4.69) is 9.98 Å². The molecular formula is C13H16N4O4S2. The number of H-pyrrole nitrogens is 1. The van der Waals surface area contributed by atoms with Crippen LogP contribution in [-0.2, 0) is 21.8 Å². The largest absolute Gasteiger partial charge is 0.379 e. The van der Waals surface area contributed by atoms with E-state index in [0.717, 1.165) is 0 Å². The minimum absolute atomic E-state index is 0.0634. The standard InChI is InChI=1S/C13H16N4O4S2/c1-16-4-7-22-13(16)15-12(18)11-8-10(9-14-11)23(19,20)17-2-5-21-6-3-17/h4,7-9,14H,2-3,5-6H2,1H3. The number of aromatic amines is 1. The van der Waals surface area contributed by atoms with E-state index in [1.54, 1.807) is 17.8 Å². The number of amides is 1. The van der Waals surface area contributed by atoms with E-state index in [-0.39, 0.29) is 10.6 Å². The first-order valence-corrected chi connectivity index (χ1v) is 9.26. The summed E-state index contributed by atoms with van der Waals surface area (Å²) in [6.07, 6.45) is 3.11. The number of aryl methyl sites for hydroxylation is 1. The lowest BCUT2D eigenvalue weighted by Gasteiger charge is -2.25. The molecule has 2 aromatic heterocycles. The summed E-state index contributed by atoms with van der Waals surface area (Å²) in [7, 11) is -1.84. The zero-order chi connectivity index (χ0) is 16.4. The van der Waals surface area contributed by atoms with E-state index in [1.165, 1.54) is 27.9 Å². The average molecular weight is 356 g/mol. The summed E-state index contributed by atoms with van der Waals surface area (Å²) in [5.74, 6) is -0.508. The van der Waals surface area contributed by atoms with Crippen molar-refractivity contribution in [3.8, 4) is 0 Å². The highest BCUT2D eigenvalue weighted by atomic mass is 32.2. The van der Waals surface area contributed by atoms with E-state index in [4.69, 9.17) is 4.74 Å². The van der Waals surface area contributed by atoms with Gasteiger partial charge in [-0.2, -0.15) is 9.30 Å². The van der Waals surface area contributed by atoms with Crippen LogP contribution < -0.4 is 4.80 Å². The number of nitrogens with zero attached hydrogens (tertiary/aromatic N) is 3. The Kier molecular flexibility index (Phi) is 4.48. The fourth-order valence-electron chi connectivity index (χ4n) is 2.16. The van der Waals surface area contributed by atoms with Gasteiger partial charge in [-0.05, 0) is 6.07 Å². The summed E-state index contributed by atoms with van der Waals surface area (Å²) in [5.41, 5.74) is 0.144. The van der Waals surface area contributed by atoms with Crippen LogP contribution in [-0.4, -0.2) is 54.5 Å². The fraction of sp³-hybridized carbons (Fsp3) is 0.385. The van der Waals surface area contributed by atoms with E-state index in [1.807, 2.05) is 5.38 Å². The summed E-state index contributed by atoms with van der Waals surface area (Å²) in [6.45, 7) is 1.37. The molecule has 1 saturated heterocycles. The third kappa shape index (κ3) is 3.29. The molecule has 1 fully saturated rings. The second-order valence-corrected chi connectivity index (χ2v) is 7.79. The number of rotatable bonds is 3. The van der Waals surface area contributed by atoms with Crippen molar-refractivity contribution in [3.05, 3.63) is 34.3 Å². The molecule has 8 nitrogen and oxygen atoms in total. The van der Waals surface area contributed by atoms with Gasteiger partial charge >= 0.3 is 0 Å². The summed E-state index contributed by atoms with van der Waals surface area (Å²) in [5, 5.41) is 1.81. The molecule has 2 aromatic rings. The van der Waals surface area contributed by atoms with Gasteiger partial charge in [0.2, 0.25) is 10.0 Å². The number of hydrogen-bond donors (Lipinski definition) is 1. The Morgan fingerprint density at radius 3 is 2.78 bits per heavy atom. The Balaban J connectivity index is 1.86. The molecule has 23 heavy (non-hydrogen) atoms. The van der Waals surface area contributed by atoms with E-state index < -0.39 is 15.9 Å². The maximum atomic E-state index is 12.5. The summed E-state index contributed by atoms with van der Waals surface area (Å²) in [4.78, 5) is 19.4. The molecular weight excluding hydrogens is 340 g/mol. The van der Waals surface area contributed by atoms with Crippen LogP contribution >= 0.6 is 11.3 Å². The molecule has 0 radical (unpaired) electrons. The molecule has 1 aliphatic heterocycles. The number of sulfonamides is 1. The number of thiazole rings is 1. The molecule has 0 saturated carbocycles. The number of carbonyl (C=O) groups excluding carboxylic acids is 1. The number of ether oxygens (including phenoxy) is 1.